The average Bonchev–Trinajstić information content (AvgIpc) is 2.48. The van der Waals surface area contributed by atoms with E-state index in [0.717, 1.165) is 19.3 Å². The second kappa shape index (κ2) is 7.40. The lowest BCUT2D eigenvalue weighted by Crippen LogP contribution is -2.51. The molecule has 0 unspecified atom stereocenters. The number of rotatable bonds is 5. The van der Waals surface area contributed by atoms with Crippen LogP contribution in [0, 0.1) is 5.82 Å². The molecular formula is C16H23FN2O3S. The maximum atomic E-state index is 12.9. The van der Waals surface area contributed by atoms with Gasteiger partial charge in [0.2, 0.25) is 15.9 Å². The van der Waals surface area contributed by atoms with Gasteiger partial charge >= 0.3 is 0 Å². The molecule has 1 N–H and O–H groups in total. The molecule has 1 fully saturated rings. The lowest BCUT2D eigenvalue weighted by atomic mass is 10.0. The molecule has 1 heterocycles. The van der Waals surface area contributed by atoms with Crippen LogP contribution in [0.1, 0.15) is 38.7 Å². The van der Waals surface area contributed by atoms with E-state index >= 15 is 0 Å². The highest BCUT2D eigenvalue weighted by Gasteiger charge is 2.29. The van der Waals surface area contributed by atoms with Crippen molar-refractivity contribution in [2.45, 2.75) is 50.9 Å². The first-order valence-electron chi connectivity index (χ1n) is 7.83. The fraction of sp³-hybridized carbons (Fsp3) is 0.562. The molecule has 1 aliphatic rings. The Morgan fingerprint density at radius 3 is 2.61 bits per heavy atom. The molecule has 7 heteroatoms. The molecule has 0 saturated carbocycles. The van der Waals surface area contributed by atoms with Gasteiger partial charge < -0.3 is 4.90 Å². The van der Waals surface area contributed by atoms with Gasteiger partial charge in [-0.25, -0.2) is 17.5 Å². The van der Waals surface area contributed by atoms with Crippen LogP contribution in [0.4, 0.5) is 4.39 Å². The minimum absolute atomic E-state index is 0.139. The van der Waals surface area contributed by atoms with E-state index in [1.54, 1.807) is 11.8 Å². The van der Waals surface area contributed by atoms with Gasteiger partial charge in [0.05, 0.1) is 11.8 Å². The fourth-order valence-corrected chi connectivity index (χ4v) is 4.19. The molecule has 0 aliphatic carbocycles. The molecule has 0 bridgehead atoms. The zero-order chi connectivity index (χ0) is 17.0. The number of carbonyl (C=O) groups excluding carboxylic acids is 1. The van der Waals surface area contributed by atoms with Crippen LogP contribution in [-0.2, 0) is 20.6 Å². The molecule has 1 amide bonds. The first kappa shape index (κ1) is 17.9. The van der Waals surface area contributed by atoms with Crippen molar-refractivity contribution >= 4 is 15.9 Å². The second-order valence-electron chi connectivity index (χ2n) is 6.10. The minimum Gasteiger partial charge on any atom is -0.339 e. The van der Waals surface area contributed by atoms with E-state index in [-0.39, 0.29) is 17.7 Å². The Hall–Kier alpha value is -1.47. The van der Waals surface area contributed by atoms with E-state index in [0.29, 0.717) is 12.1 Å². The van der Waals surface area contributed by atoms with Crippen LogP contribution < -0.4 is 4.72 Å². The Morgan fingerprint density at radius 1 is 1.35 bits per heavy atom. The third kappa shape index (κ3) is 5.00. The van der Waals surface area contributed by atoms with Crippen molar-refractivity contribution in [1.82, 2.24) is 9.62 Å². The van der Waals surface area contributed by atoms with Crippen LogP contribution in [0.25, 0.3) is 0 Å². The molecule has 1 aliphatic heterocycles. The predicted molar refractivity (Wildman–Crippen MR) is 86.6 cm³/mol. The number of benzene rings is 1. The Kier molecular flexibility index (Phi) is 5.75. The van der Waals surface area contributed by atoms with Gasteiger partial charge in [-0.15, -0.1) is 0 Å². The van der Waals surface area contributed by atoms with Gasteiger partial charge in [0, 0.05) is 12.6 Å². The number of nitrogens with one attached hydrogen (secondary N) is 1. The number of hydrogen-bond donors (Lipinski definition) is 1. The van der Waals surface area contributed by atoms with Crippen molar-refractivity contribution in [1.29, 1.82) is 0 Å². The number of carbonyl (C=O) groups is 1. The van der Waals surface area contributed by atoms with E-state index in [9.17, 15) is 17.6 Å². The first-order valence-corrected chi connectivity index (χ1v) is 9.48. The number of amides is 1. The molecule has 2 atom stereocenters. The largest absolute Gasteiger partial charge is 0.339 e. The molecule has 23 heavy (non-hydrogen) atoms. The first-order chi connectivity index (χ1) is 10.8. The van der Waals surface area contributed by atoms with E-state index in [2.05, 4.69) is 4.72 Å². The van der Waals surface area contributed by atoms with Gasteiger partial charge in [-0.1, -0.05) is 12.1 Å². The van der Waals surface area contributed by atoms with E-state index in [4.69, 9.17) is 0 Å². The second-order valence-corrected chi connectivity index (χ2v) is 7.86. The lowest BCUT2D eigenvalue weighted by Gasteiger charge is -2.35. The highest BCUT2D eigenvalue weighted by Crippen LogP contribution is 2.17. The van der Waals surface area contributed by atoms with Gasteiger partial charge in [0.15, 0.2) is 0 Å². The molecule has 1 aromatic carbocycles. The van der Waals surface area contributed by atoms with E-state index < -0.39 is 21.9 Å². The molecular weight excluding hydrogens is 319 g/mol. The summed E-state index contributed by atoms with van der Waals surface area (Å²) in [4.78, 5) is 14.2. The van der Waals surface area contributed by atoms with Crippen LogP contribution in [0.5, 0.6) is 0 Å². The highest BCUT2D eigenvalue weighted by molar-refractivity contribution is 7.88. The number of sulfonamides is 1. The SMILES string of the molecule is C[C@H](NS(=O)(=O)Cc1ccc(F)cc1)C(=O)N1CCCC[C@H]1C. The van der Waals surface area contributed by atoms with Gasteiger partial charge in [-0.3, -0.25) is 4.79 Å². The van der Waals surface area contributed by atoms with Crippen molar-refractivity contribution in [3.8, 4) is 0 Å². The fourth-order valence-electron chi connectivity index (χ4n) is 2.84. The third-order valence-electron chi connectivity index (χ3n) is 4.08. The van der Waals surface area contributed by atoms with Crippen molar-refractivity contribution in [3.63, 3.8) is 0 Å². The molecule has 5 nitrogen and oxygen atoms in total. The Labute approximate surface area is 136 Å². The van der Waals surface area contributed by atoms with Crippen LogP contribution in [0.3, 0.4) is 0 Å². The van der Waals surface area contributed by atoms with Crippen LogP contribution >= 0.6 is 0 Å². The lowest BCUT2D eigenvalue weighted by molar-refractivity contribution is -0.135. The molecule has 0 radical (unpaired) electrons. The zero-order valence-corrected chi connectivity index (χ0v) is 14.3. The number of halogens is 1. The quantitative estimate of drug-likeness (QED) is 0.890. The van der Waals surface area contributed by atoms with Gasteiger partial charge in [-0.05, 0) is 50.8 Å². The standard InChI is InChI=1S/C16H23FN2O3S/c1-12-5-3-4-10-19(12)16(20)13(2)18-23(21,22)11-14-6-8-15(17)9-7-14/h6-9,12-13,18H,3-5,10-11H2,1-2H3/t12-,13+/m1/s1. The van der Waals surface area contributed by atoms with Crippen LogP contribution in [0.15, 0.2) is 24.3 Å². The third-order valence-corrected chi connectivity index (χ3v) is 5.51. The summed E-state index contributed by atoms with van der Waals surface area (Å²) in [6, 6.07) is 4.62. The monoisotopic (exact) mass is 342 g/mol. The zero-order valence-electron chi connectivity index (χ0n) is 13.5. The smallest absolute Gasteiger partial charge is 0.240 e. The highest BCUT2D eigenvalue weighted by atomic mass is 32.2. The Morgan fingerprint density at radius 2 is 2.00 bits per heavy atom. The summed E-state index contributed by atoms with van der Waals surface area (Å²) in [5.41, 5.74) is 0.477. The number of piperidine rings is 1. The maximum Gasteiger partial charge on any atom is 0.240 e. The number of likely N-dealkylation sites (tertiary alicyclic amines) is 1. The summed E-state index contributed by atoms with van der Waals surface area (Å²) < 4.78 is 39.7. The molecule has 1 saturated heterocycles. The Balaban J connectivity index is 1.98. The predicted octanol–water partition coefficient (Wildman–Crippen LogP) is 2.03. The van der Waals surface area contributed by atoms with Crippen LogP contribution in [-0.4, -0.2) is 37.9 Å². The van der Waals surface area contributed by atoms with E-state index in [1.165, 1.54) is 24.3 Å². The van der Waals surface area contributed by atoms with Crippen molar-refractivity contribution in [2.75, 3.05) is 6.54 Å². The van der Waals surface area contributed by atoms with Gasteiger partial charge in [0.1, 0.15) is 5.82 Å². The number of hydrogen-bond acceptors (Lipinski definition) is 3. The molecule has 128 valence electrons. The minimum atomic E-state index is -3.67. The number of nitrogens with zero attached hydrogens (tertiary/aromatic N) is 1. The molecule has 0 aromatic heterocycles. The van der Waals surface area contributed by atoms with Gasteiger partial charge in [-0.2, -0.15) is 0 Å². The summed E-state index contributed by atoms with van der Waals surface area (Å²) in [5, 5.41) is 0. The van der Waals surface area contributed by atoms with Crippen molar-refractivity contribution in [2.24, 2.45) is 0 Å². The Bertz CT molecular complexity index is 646. The van der Waals surface area contributed by atoms with E-state index in [1.807, 2.05) is 6.92 Å². The summed E-state index contributed by atoms with van der Waals surface area (Å²) in [5.74, 6) is -0.887. The summed E-state index contributed by atoms with van der Waals surface area (Å²) in [6.45, 7) is 4.21. The van der Waals surface area contributed by atoms with Crippen molar-refractivity contribution < 1.29 is 17.6 Å². The van der Waals surface area contributed by atoms with Crippen LogP contribution in [0.2, 0.25) is 0 Å². The summed E-state index contributed by atoms with van der Waals surface area (Å²) in [6.07, 6.45) is 2.99. The van der Waals surface area contributed by atoms with Gasteiger partial charge in [0.25, 0.3) is 0 Å². The molecule has 1 aromatic rings. The van der Waals surface area contributed by atoms with Crippen molar-refractivity contribution in [3.05, 3.63) is 35.6 Å². The summed E-state index contributed by atoms with van der Waals surface area (Å²) in [7, 11) is -3.67. The maximum absolute atomic E-state index is 12.9. The normalized spacial score (nSPS) is 20.3. The summed E-state index contributed by atoms with van der Waals surface area (Å²) >= 11 is 0. The molecule has 0 spiro atoms. The molecule has 2 rings (SSSR count). The average molecular weight is 342 g/mol. The topological polar surface area (TPSA) is 66.5 Å².